The Morgan fingerprint density at radius 2 is 1.68 bits per heavy atom. The summed E-state index contributed by atoms with van der Waals surface area (Å²) in [6.45, 7) is 6.71. The molecular weight excluding hydrogens is 516 g/mol. The largest absolute Gasteiger partial charge is 0.496 e. The van der Waals surface area contributed by atoms with E-state index in [0.29, 0.717) is 13.0 Å². The lowest BCUT2D eigenvalue weighted by molar-refractivity contribution is -0.146. The third-order valence-corrected chi connectivity index (χ3v) is 8.31. The van der Waals surface area contributed by atoms with Gasteiger partial charge in [-0.05, 0) is 48.4 Å². The third-order valence-electron chi connectivity index (χ3n) is 8.31. The number of piperazine rings is 1. The Morgan fingerprint density at radius 1 is 0.927 bits per heavy atom. The fourth-order valence-corrected chi connectivity index (χ4v) is 6.27. The van der Waals surface area contributed by atoms with Crippen LogP contribution < -0.4 is 19.7 Å². The van der Waals surface area contributed by atoms with Crippen molar-refractivity contribution in [1.82, 2.24) is 15.2 Å². The molecule has 8 heteroatoms. The number of para-hydroxylation sites is 3. The molecule has 41 heavy (non-hydrogen) atoms. The summed E-state index contributed by atoms with van der Waals surface area (Å²) in [5.74, 6) is 1.57. The number of anilines is 1. The van der Waals surface area contributed by atoms with Gasteiger partial charge >= 0.3 is 5.97 Å². The first-order valence-corrected chi connectivity index (χ1v) is 14.4. The van der Waals surface area contributed by atoms with Gasteiger partial charge in [0.25, 0.3) is 0 Å². The normalized spacial score (nSPS) is 19.1. The number of H-pyrrole nitrogens is 1. The van der Waals surface area contributed by atoms with Gasteiger partial charge in [-0.15, -0.1) is 0 Å². The van der Waals surface area contributed by atoms with E-state index in [1.165, 1.54) is 5.56 Å². The zero-order valence-electron chi connectivity index (χ0n) is 24.0. The molecule has 6 rings (SSSR count). The number of esters is 1. The molecule has 2 aliphatic rings. The predicted molar refractivity (Wildman–Crippen MR) is 161 cm³/mol. The standard InChI is InChI=1S/C33H38N4O4/c1-4-41-33(38)27-20-25-24-9-5-6-10-26(24)34-32(25)31(35-27)22-13-14-29(39-2)23(19-22)21-36-15-17-37(18-16-36)28-11-7-8-12-30(28)40-3/h5-14,19,27,31,34-35H,4,15-18,20-21H2,1-3H3. The number of hydrogen-bond acceptors (Lipinski definition) is 7. The van der Waals surface area contributed by atoms with E-state index >= 15 is 0 Å². The topological polar surface area (TPSA) is 79.1 Å². The van der Waals surface area contributed by atoms with Crippen LogP contribution in [0.3, 0.4) is 0 Å². The molecule has 4 aromatic rings. The molecule has 3 heterocycles. The fraction of sp³-hybridized carbons (Fsp3) is 0.364. The molecule has 0 spiro atoms. The van der Waals surface area contributed by atoms with Gasteiger partial charge in [0.15, 0.2) is 0 Å². The van der Waals surface area contributed by atoms with E-state index in [4.69, 9.17) is 14.2 Å². The number of nitrogens with one attached hydrogen (secondary N) is 2. The molecule has 2 atom stereocenters. The van der Waals surface area contributed by atoms with E-state index in [9.17, 15) is 4.79 Å². The van der Waals surface area contributed by atoms with Crippen molar-refractivity contribution in [2.24, 2.45) is 0 Å². The number of rotatable bonds is 8. The third kappa shape index (κ3) is 5.37. The number of hydrogen-bond donors (Lipinski definition) is 2. The zero-order valence-corrected chi connectivity index (χ0v) is 24.0. The SMILES string of the molecule is CCOC(=O)C1Cc2c([nH]c3ccccc23)C(c2ccc(OC)c(CN3CCN(c4ccccc4OC)CC3)c2)N1. The monoisotopic (exact) mass is 554 g/mol. The Labute approximate surface area is 241 Å². The van der Waals surface area contributed by atoms with Crippen molar-refractivity contribution in [3.05, 3.63) is 89.1 Å². The number of fused-ring (bicyclic) bond motifs is 3. The van der Waals surface area contributed by atoms with E-state index < -0.39 is 6.04 Å². The highest BCUT2D eigenvalue weighted by Crippen LogP contribution is 2.37. The van der Waals surface area contributed by atoms with Crippen LogP contribution in [-0.4, -0.2) is 68.9 Å². The van der Waals surface area contributed by atoms with E-state index in [1.807, 2.05) is 37.3 Å². The van der Waals surface area contributed by atoms with Crippen LogP contribution in [0.15, 0.2) is 66.7 Å². The smallest absolute Gasteiger partial charge is 0.323 e. The minimum atomic E-state index is -0.416. The lowest BCUT2D eigenvalue weighted by Gasteiger charge is -2.37. The Kier molecular flexibility index (Phi) is 7.85. The molecule has 0 amide bonds. The van der Waals surface area contributed by atoms with Gasteiger partial charge < -0.3 is 24.1 Å². The number of benzene rings is 3. The molecule has 0 aliphatic carbocycles. The van der Waals surface area contributed by atoms with Crippen molar-refractivity contribution < 1.29 is 19.0 Å². The van der Waals surface area contributed by atoms with Crippen LogP contribution in [0.1, 0.15) is 35.3 Å². The summed E-state index contributed by atoms with van der Waals surface area (Å²) in [5.41, 5.74) is 6.72. The number of carbonyl (C=O) groups excluding carboxylic acids is 1. The van der Waals surface area contributed by atoms with Gasteiger partial charge in [0.1, 0.15) is 17.5 Å². The van der Waals surface area contributed by atoms with Gasteiger partial charge in [-0.2, -0.15) is 0 Å². The van der Waals surface area contributed by atoms with Gasteiger partial charge in [-0.25, -0.2) is 0 Å². The lowest BCUT2D eigenvalue weighted by Crippen LogP contribution is -2.46. The molecule has 8 nitrogen and oxygen atoms in total. The average molecular weight is 555 g/mol. The summed E-state index contributed by atoms with van der Waals surface area (Å²) in [7, 11) is 3.45. The first kappa shape index (κ1) is 27.2. The summed E-state index contributed by atoms with van der Waals surface area (Å²) < 4.78 is 16.8. The quantitative estimate of drug-likeness (QED) is 0.307. The second kappa shape index (κ2) is 11.8. The highest BCUT2D eigenvalue weighted by molar-refractivity contribution is 5.87. The maximum absolute atomic E-state index is 12.9. The number of ether oxygens (including phenoxy) is 3. The first-order valence-electron chi connectivity index (χ1n) is 14.4. The van der Waals surface area contributed by atoms with Crippen molar-refractivity contribution in [2.45, 2.75) is 32.0 Å². The molecule has 214 valence electrons. The second-order valence-corrected chi connectivity index (χ2v) is 10.7. The Morgan fingerprint density at radius 3 is 2.46 bits per heavy atom. The minimum Gasteiger partial charge on any atom is -0.496 e. The van der Waals surface area contributed by atoms with E-state index in [2.05, 4.69) is 56.5 Å². The minimum absolute atomic E-state index is 0.174. The highest BCUT2D eigenvalue weighted by atomic mass is 16.5. The maximum Gasteiger partial charge on any atom is 0.323 e. The maximum atomic E-state index is 12.9. The Bertz CT molecular complexity index is 1520. The second-order valence-electron chi connectivity index (χ2n) is 10.7. The lowest BCUT2D eigenvalue weighted by atomic mass is 9.89. The van der Waals surface area contributed by atoms with Gasteiger partial charge in [0.2, 0.25) is 0 Å². The number of aromatic amines is 1. The molecule has 2 aliphatic heterocycles. The summed E-state index contributed by atoms with van der Waals surface area (Å²) in [5, 5.41) is 4.75. The molecule has 0 saturated carbocycles. The summed E-state index contributed by atoms with van der Waals surface area (Å²) in [6.07, 6.45) is 0.591. The van der Waals surface area contributed by atoms with E-state index in [0.717, 1.165) is 77.6 Å². The van der Waals surface area contributed by atoms with Gasteiger partial charge in [0.05, 0.1) is 32.6 Å². The average Bonchev–Trinajstić information content (AvgIpc) is 3.40. The molecule has 2 N–H and O–H groups in total. The summed E-state index contributed by atoms with van der Waals surface area (Å²) in [6, 6.07) is 22.3. The van der Waals surface area contributed by atoms with Crippen LogP contribution in [0.2, 0.25) is 0 Å². The number of nitrogens with zero attached hydrogens (tertiary/aromatic N) is 2. The van der Waals surface area contributed by atoms with Crippen LogP contribution in [0.4, 0.5) is 5.69 Å². The highest BCUT2D eigenvalue weighted by Gasteiger charge is 2.35. The van der Waals surface area contributed by atoms with E-state index in [1.54, 1.807) is 14.2 Å². The summed E-state index contributed by atoms with van der Waals surface area (Å²) >= 11 is 0. The van der Waals surface area contributed by atoms with E-state index in [-0.39, 0.29) is 12.0 Å². The molecule has 1 fully saturated rings. The van der Waals surface area contributed by atoms with Crippen molar-refractivity contribution >= 4 is 22.6 Å². The van der Waals surface area contributed by atoms with Gasteiger partial charge in [-0.3, -0.25) is 15.0 Å². The van der Waals surface area contributed by atoms with Gasteiger partial charge in [-0.1, -0.05) is 36.4 Å². The van der Waals surface area contributed by atoms with Crippen molar-refractivity contribution in [2.75, 3.05) is 51.9 Å². The summed E-state index contributed by atoms with van der Waals surface area (Å²) in [4.78, 5) is 21.4. The van der Waals surface area contributed by atoms with Crippen LogP contribution in [0.5, 0.6) is 11.5 Å². The Hall–Kier alpha value is -4.01. The van der Waals surface area contributed by atoms with Crippen LogP contribution in [0.25, 0.3) is 10.9 Å². The van der Waals surface area contributed by atoms with Crippen LogP contribution in [-0.2, 0) is 22.5 Å². The number of carbonyl (C=O) groups is 1. The molecule has 1 saturated heterocycles. The van der Waals surface area contributed by atoms with Crippen molar-refractivity contribution in [3.63, 3.8) is 0 Å². The van der Waals surface area contributed by atoms with Crippen molar-refractivity contribution in [3.8, 4) is 11.5 Å². The Balaban J connectivity index is 1.26. The van der Waals surface area contributed by atoms with Crippen LogP contribution in [0, 0.1) is 0 Å². The molecule has 0 bridgehead atoms. The number of aromatic nitrogens is 1. The number of methoxy groups -OCH3 is 2. The van der Waals surface area contributed by atoms with Crippen LogP contribution >= 0.6 is 0 Å². The molecule has 2 unspecified atom stereocenters. The van der Waals surface area contributed by atoms with Gasteiger partial charge in [0, 0.05) is 61.3 Å². The predicted octanol–water partition coefficient (Wildman–Crippen LogP) is 4.67. The first-order chi connectivity index (χ1) is 20.1. The fourth-order valence-electron chi connectivity index (χ4n) is 6.27. The van der Waals surface area contributed by atoms with Crippen molar-refractivity contribution in [1.29, 1.82) is 0 Å². The molecule has 1 aromatic heterocycles. The molecule has 0 radical (unpaired) electrons. The molecular formula is C33H38N4O4. The zero-order chi connectivity index (χ0) is 28.3. The molecule has 3 aromatic carbocycles.